The third-order valence-corrected chi connectivity index (χ3v) is 3.41. The van der Waals surface area contributed by atoms with Gasteiger partial charge in [0, 0.05) is 6.54 Å². The fourth-order valence-electron chi connectivity index (χ4n) is 2.19. The number of rotatable bonds is 8. The molecular weight excluding hydrogens is 332 g/mol. The third kappa shape index (κ3) is 5.90. The molecular formula is C20H20N2O4. The molecule has 2 aromatic rings. The Labute approximate surface area is 151 Å². The van der Waals surface area contributed by atoms with Gasteiger partial charge in [-0.15, -0.1) is 6.58 Å². The Morgan fingerprint density at radius 3 is 2.38 bits per heavy atom. The summed E-state index contributed by atoms with van der Waals surface area (Å²) >= 11 is 0. The molecule has 26 heavy (non-hydrogen) atoms. The zero-order valence-corrected chi connectivity index (χ0v) is 14.2. The van der Waals surface area contributed by atoms with E-state index in [0.717, 1.165) is 5.56 Å². The molecule has 0 saturated carbocycles. The van der Waals surface area contributed by atoms with Gasteiger partial charge >= 0.3 is 5.97 Å². The minimum atomic E-state index is -0.686. The Hall–Kier alpha value is -3.41. The number of anilines is 1. The molecule has 0 heterocycles. The summed E-state index contributed by atoms with van der Waals surface area (Å²) in [6.07, 6.45) is 1.71. The minimum absolute atomic E-state index is 0.186. The molecule has 0 atom stereocenters. The van der Waals surface area contributed by atoms with Crippen molar-refractivity contribution < 1.29 is 19.1 Å². The molecule has 0 unspecified atom stereocenters. The molecule has 2 amide bonds. The molecule has 0 aliphatic heterocycles. The number of amides is 2. The van der Waals surface area contributed by atoms with Gasteiger partial charge in [-0.05, 0) is 17.7 Å². The molecule has 0 radical (unpaired) electrons. The van der Waals surface area contributed by atoms with E-state index in [0.29, 0.717) is 12.2 Å². The predicted molar refractivity (Wildman–Crippen MR) is 98.7 cm³/mol. The highest BCUT2D eigenvalue weighted by atomic mass is 16.5. The predicted octanol–water partition coefficient (Wildman–Crippen LogP) is 2.33. The van der Waals surface area contributed by atoms with Crippen LogP contribution >= 0.6 is 0 Å². The van der Waals surface area contributed by atoms with E-state index >= 15 is 0 Å². The van der Waals surface area contributed by atoms with E-state index in [-0.39, 0.29) is 17.9 Å². The zero-order valence-electron chi connectivity index (χ0n) is 14.2. The van der Waals surface area contributed by atoms with Gasteiger partial charge in [0.15, 0.2) is 6.61 Å². The highest BCUT2D eigenvalue weighted by Gasteiger charge is 2.15. The molecule has 2 rings (SSSR count). The molecule has 0 aliphatic carbocycles. The maximum Gasteiger partial charge on any atom is 0.340 e. The van der Waals surface area contributed by atoms with Crippen molar-refractivity contribution in [3.8, 4) is 0 Å². The second kappa shape index (κ2) is 9.78. The van der Waals surface area contributed by atoms with Gasteiger partial charge in [-0.25, -0.2) is 4.79 Å². The molecule has 0 aliphatic rings. The van der Waals surface area contributed by atoms with E-state index in [4.69, 9.17) is 4.74 Å². The van der Waals surface area contributed by atoms with Crippen molar-refractivity contribution in [3.63, 3.8) is 0 Å². The topological polar surface area (TPSA) is 84.5 Å². The number of ether oxygens (including phenoxy) is 1. The first-order valence-corrected chi connectivity index (χ1v) is 8.07. The normalized spacial score (nSPS) is 9.85. The van der Waals surface area contributed by atoms with Gasteiger partial charge in [0.2, 0.25) is 5.91 Å². The van der Waals surface area contributed by atoms with E-state index in [1.807, 2.05) is 30.3 Å². The number of esters is 1. The van der Waals surface area contributed by atoms with Crippen LogP contribution in [0.2, 0.25) is 0 Å². The lowest BCUT2D eigenvalue weighted by Crippen LogP contribution is -2.29. The summed E-state index contributed by atoms with van der Waals surface area (Å²) in [4.78, 5) is 35.9. The number of hydrogen-bond donors (Lipinski definition) is 2. The number of hydrogen-bond acceptors (Lipinski definition) is 4. The van der Waals surface area contributed by atoms with Crippen molar-refractivity contribution >= 4 is 23.5 Å². The Balaban J connectivity index is 1.98. The average Bonchev–Trinajstić information content (AvgIpc) is 2.65. The minimum Gasteiger partial charge on any atom is -0.452 e. The summed E-state index contributed by atoms with van der Waals surface area (Å²) in [6, 6.07) is 15.8. The van der Waals surface area contributed by atoms with Gasteiger partial charge < -0.3 is 15.4 Å². The third-order valence-electron chi connectivity index (χ3n) is 3.41. The summed E-state index contributed by atoms with van der Waals surface area (Å²) in [5, 5.41) is 5.22. The SMILES string of the molecule is C=CCNC(=O)COC(=O)c1ccccc1NC(=O)Cc1ccccc1. The van der Waals surface area contributed by atoms with E-state index in [9.17, 15) is 14.4 Å². The van der Waals surface area contributed by atoms with Crippen LogP contribution in [0.3, 0.4) is 0 Å². The lowest BCUT2D eigenvalue weighted by atomic mass is 10.1. The first-order valence-electron chi connectivity index (χ1n) is 8.07. The second-order valence-corrected chi connectivity index (χ2v) is 5.43. The van der Waals surface area contributed by atoms with E-state index in [1.165, 1.54) is 12.1 Å². The highest BCUT2D eigenvalue weighted by molar-refractivity contribution is 6.02. The van der Waals surface area contributed by atoms with E-state index in [2.05, 4.69) is 17.2 Å². The number of carbonyl (C=O) groups is 3. The van der Waals surface area contributed by atoms with E-state index in [1.54, 1.807) is 18.2 Å². The summed E-state index contributed by atoms with van der Waals surface area (Å²) in [6.45, 7) is 3.37. The second-order valence-electron chi connectivity index (χ2n) is 5.43. The maximum atomic E-state index is 12.2. The lowest BCUT2D eigenvalue weighted by molar-refractivity contribution is -0.124. The molecule has 0 aromatic heterocycles. The van der Waals surface area contributed by atoms with Gasteiger partial charge in [0.05, 0.1) is 17.7 Å². The number of para-hydroxylation sites is 1. The highest BCUT2D eigenvalue weighted by Crippen LogP contribution is 2.16. The Morgan fingerprint density at radius 1 is 0.962 bits per heavy atom. The Morgan fingerprint density at radius 2 is 1.65 bits per heavy atom. The zero-order chi connectivity index (χ0) is 18.8. The lowest BCUT2D eigenvalue weighted by Gasteiger charge is -2.11. The maximum absolute atomic E-state index is 12.2. The van der Waals surface area contributed by atoms with Crippen LogP contribution in [0.5, 0.6) is 0 Å². The van der Waals surface area contributed by atoms with Crippen LogP contribution in [-0.4, -0.2) is 30.9 Å². The first kappa shape index (κ1) is 18.9. The van der Waals surface area contributed by atoms with Crippen molar-refractivity contribution in [2.75, 3.05) is 18.5 Å². The first-order chi connectivity index (χ1) is 12.6. The standard InChI is InChI=1S/C20H20N2O4/c1-2-12-21-19(24)14-26-20(25)16-10-6-7-11-17(16)22-18(23)13-15-8-4-3-5-9-15/h2-11H,1,12-14H2,(H,21,24)(H,22,23). The van der Waals surface area contributed by atoms with Crippen LogP contribution < -0.4 is 10.6 Å². The Kier molecular flexibility index (Phi) is 7.12. The smallest absolute Gasteiger partial charge is 0.340 e. The molecule has 6 heteroatoms. The van der Waals surface area contributed by atoms with Gasteiger partial charge in [0.25, 0.3) is 5.91 Å². The van der Waals surface area contributed by atoms with Gasteiger partial charge in [-0.1, -0.05) is 48.5 Å². The van der Waals surface area contributed by atoms with Crippen molar-refractivity contribution in [2.24, 2.45) is 0 Å². The van der Waals surface area contributed by atoms with Crippen LogP contribution in [0, 0.1) is 0 Å². The summed E-state index contributed by atoms with van der Waals surface area (Å²) < 4.78 is 4.99. The molecule has 0 fully saturated rings. The fourth-order valence-corrected chi connectivity index (χ4v) is 2.19. The van der Waals surface area contributed by atoms with Crippen molar-refractivity contribution in [2.45, 2.75) is 6.42 Å². The molecule has 134 valence electrons. The molecule has 2 aromatic carbocycles. The van der Waals surface area contributed by atoms with Crippen molar-refractivity contribution in [1.29, 1.82) is 0 Å². The number of nitrogens with one attached hydrogen (secondary N) is 2. The summed E-state index contributed by atoms with van der Waals surface area (Å²) in [5.74, 6) is -1.36. The average molecular weight is 352 g/mol. The summed E-state index contributed by atoms with van der Waals surface area (Å²) in [7, 11) is 0. The van der Waals surface area contributed by atoms with Crippen LogP contribution in [0.25, 0.3) is 0 Å². The van der Waals surface area contributed by atoms with E-state index < -0.39 is 18.5 Å². The monoisotopic (exact) mass is 352 g/mol. The van der Waals surface area contributed by atoms with Crippen LogP contribution in [0.4, 0.5) is 5.69 Å². The number of benzene rings is 2. The fraction of sp³-hybridized carbons (Fsp3) is 0.150. The van der Waals surface area contributed by atoms with Gasteiger partial charge in [0.1, 0.15) is 0 Å². The molecule has 0 saturated heterocycles. The summed E-state index contributed by atoms with van der Waals surface area (Å²) in [5.41, 5.74) is 1.39. The Bertz CT molecular complexity index is 787. The molecule has 6 nitrogen and oxygen atoms in total. The number of carbonyl (C=O) groups excluding carboxylic acids is 3. The van der Waals surface area contributed by atoms with Crippen LogP contribution in [-0.2, 0) is 20.7 Å². The molecule has 2 N–H and O–H groups in total. The van der Waals surface area contributed by atoms with Crippen LogP contribution in [0.15, 0.2) is 67.3 Å². The van der Waals surface area contributed by atoms with Gasteiger partial charge in [-0.3, -0.25) is 9.59 Å². The van der Waals surface area contributed by atoms with Crippen molar-refractivity contribution in [1.82, 2.24) is 5.32 Å². The largest absolute Gasteiger partial charge is 0.452 e. The van der Waals surface area contributed by atoms with Gasteiger partial charge in [-0.2, -0.15) is 0 Å². The quantitative estimate of drug-likeness (QED) is 0.564. The molecule has 0 bridgehead atoms. The molecule has 0 spiro atoms. The van der Waals surface area contributed by atoms with Crippen molar-refractivity contribution in [3.05, 3.63) is 78.4 Å². The van der Waals surface area contributed by atoms with Crippen LogP contribution in [0.1, 0.15) is 15.9 Å².